The van der Waals surface area contributed by atoms with Gasteiger partial charge in [-0.05, 0) is 57.0 Å². The minimum Gasteiger partial charge on any atom is -0.333 e. The molecule has 2 bridgehead atoms. The van der Waals surface area contributed by atoms with Crippen LogP contribution >= 0.6 is 0 Å². The van der Waals surface area contributed by atoms with Crippen molar-refractivity contribution in [2.75, 3.05) is 13.1 Å². The molecular weight excluding hydrogens is 307 g/mol. The number of nitrogens with one attached hydrogen (secondary N) is 1. The van der Waals surface area contributed by atoms with Crippen molar-refractivity contribution >= 4 is 6.03 Å². The maximum Gasteiger partial charge on any atom is 0.326 e. The van der Waals surface area contributed by atoms with Crippen molar-refractivity contribution in [2.24, 2.45) is 5.92 Å². The molecule has 5 nitrogen and oxygen atoms in total. The van der Waals surface area contributed by atoms with Crippen molar-refractivity contribution in [2.45, 2.75) is 31.8 Å². The van der Waals surface area contributed by atoms with E-state index < -0.39 is 5.95 Å². The van der Waals surface area contributed by atoms with Gasteiger partial charge in [-0.25, -0.2) is 9.78 Å². The Balaban J connectivity index is 1.57. The summed E-state index contributed by atoms with van der Waals surface area (Å²) in [4.78, 5) is 18.8. The summed E-state index contributed by atoms with van der Waals surface area (Å²) in [5.41, 5.74) is 1.31. The summed E-state index contributed by atoms with van der Waals surface area (Å²) in [5.74, 6) is -0.00185. The number of aromatic nitrogens is 2. The number of piperidine rings is 3. The molecule has 126 valence electrons. The number of hydrogen-bond acceptors (Lipinski definition) is 3. The monoisotopic (exact) mass is 328 g/mol. The number of amides is 1. The van der Waals surface area contributed by atoms with Gasteiger partial charge in [-0.3, -0.25) is 9.47 Å². The van der Waals surface area contributed by atoms with Crippen molar-refractivity contribution in [3.8, 4) is 11.3 Å². The van der Waals surface area contributed by atoms with Gasteiger partial charge in [0.1, 0.15) is 0 Å². The minimum atomic E-state index is -0.549. The highest BCUT2D eigenvalue weighted by molar-refractivity contribution is 5.83. The van der Waals surface area contributed by atoms with Crippen LogP contribution in [0.3, 0.4) is 0 Å². The van der Waals surface area contributed by atoms with Gasteiger partial charge < -0.3 is 5.32 Å². The van der Waals surface area contributed by atoms with E-state index in [-0.39, 0.29) is 12.1 Å². The number of pyridine rings is 1. The molecule has 2 atom stereocenters. The molecule has 1 amide bonds. The second kappa shape index (κ2) is 6.02. The lowest BCUT2D eigenvalue weighted by atomic mass is 9.79. The van der Waals surface area contributed by atoms with Gasteiger partial charge in [-0.2, -0.15) is 4.39 Å². The highest BCUT2D eigenvalue weighted by Gasteiger charge is 2.40. The van der Waals surface area contributed by atoms with Gasteiger partial charge in [-0.15, -0.1) is 0 Å². The molecule has 2 aromatic heterocycles. The molecule has 6 heteroatoms. The maximum atomic E-state index is 13.4. The van der Waals surface area contributed by atoms with Gasteiger partial charge in [0, 0.05) is 36.1 Å². The number of rotatable bonds is 2. The Kier molecular flexibility index (Phi) is 3.84. The van der Waals surface area contributed by atoms with Crippen molar-refractivity contribution in [3.63, 3.8) is 0 Å². The molecule has 0 aliphatic carbocycles. The summed E-state index contributed by atoms with van der Waals surface area (Å²) >= 11 is 0. The molecule has 3 aliphatic rings. The fourth-order valence-electron chi connectivity index (χ4n) is 4.11. The molecule has 0 radical (unpaired) electrons. The zero-order chi connectivity index (χ0) is 16.7. The molecule has 2 aromatic rings. The van der Waals surface area contributed by atoms with Crippen LogP contribution in [0, 0.1) is 11.9 Å². The van der Waals surface area contributed by atoms with Crippen molar-refractivity contribution in [1.82, 2.24) is 19.8 Å². The van der Waals surface area contributed by atoms with Crippen LogP contribution < -0.4 is 5.32 Å². The fraction of sp³-hybridized carbons (Fsp3) is 0.444. The molecule has 0 spiro atoms. The van der Waals surface area contributed by atoms with Crippen LogP contribution in [0.2, 0.25) is 0 Å². The van der Waals surface area contributed by atoms with E-state index in [1.807, 2.05) is 6.07 Å². The predicted molar refractivity (Wildman–Crippen MR) is 89.1 cm³/mol. The van der Waals surface area contributed by atoms with Crippen LogP contribution in [0.1, 0.15) is 19.8 Å². The molecule has 5 heterocycles. The van der Waals surface area contributed by atoms with Crippen LogP contribution in [0.4, 0.5) is 9.18 Å². The van der Waals surface area contributed by atoms with Crippen LogP contribution in [0.5, 0.6) is 0 Å². The van der Waals surface area contributed by atoms with Gasteiger partial charge in [-0.1, -0.05) is 0 Å². The van der Waals surface area contributed by atoms with E-state index in [2.05, 4.69) is 22.1 Å². The summed E-state index contributed by atoms with van der Waals surface area (Å²) in [6, 6.07) is 7.04. The highest BCUT2D eigenvalue weighted by atomic mass is 19.1. The molecule has 3 aliphatic heterocycles. The van der Waals surface area contributed by atoms with E-state index in [4.69, 9.17) is 0 Å². The first kappa shape index (κ1) is 15.3. The molecule has 1 N–H and O–H groups in total. The number of fused-ring (bicyclic) bond motifs is 3. The number of carbonyl (C=O) groups excluding carboxylic acids is 1. The Bertz CT molecular complexity index is 749. The zero-order valence-corrected chi connectivity index (χ0v) is 13.7. The molecule has 0 aromatic carbocycles. The topological polar surface area (TPSA) is 50.2 Å². The maximum absolute atomic E-state index is 13.4. The Morgan fingerprint density at radius 3 is 2.83 bits per heavy atom. The third-order valence-electron chi connectivity index (χ3n) is 5.46. The minimum absolute atomic E-state index is 0.155. The standard InChI is InChI=1S/C18H21FN4O/c1-12-17(13-5-9-22(12)10-6-13)21-18(24)23-8-2-3-15(23)14-4-7-20-16(19)11-14/h2-4,7-8,11-13,17H,5-6,9-10H2,1H3,(H,21,24)/t12-,17-/m0/s1. The van der Waals surface area contributed by atoms with E-state index in [0.29, 0.717) is 23.2 Å². The summed E-state index contributed by atoms with van der Waals surface area (Å²) in [6.07, 6.45) is 5.41. The number of hydrogen-bond donors (Lipinski definition) is 1. The Hall–Kier alpha value is -2.21. The Morgan fingerprint density at radius 1 is 1.33 bits per heavy atom. The predicted octanol–water partition coefficient (Wildman–Crippen LogP) is 2.73. The van der Waals surface area contributed by atoms with E-state index in [1.54, 1.807) is 22.9 Å². The SMILES string of the molecule is C[C@H]1[C@H](NC(=O)n2cccc2-c2ccnc(F)c2)C2CCN1CC2. The number of carbonyl (C=O) groups is 1. The largest absolute Gasteiger partial charge is 0.333 e. The molecule has 3 saturated heterocycles. The third kappa shape index (κ3) is 2.60. The van der Waals surface area contributed by atoms with Crippen LogP contribution in [-0.4, -0.2) is 45.7 Å². The highest BCUT2D eigenvalue weighted by Crippen LogP contribution is 2.32. The summed E-state index contributed by atoms with van der Waals surface area (Å²) < 4.78 is 14.9. The van der Waals surface area contributed by atoms with E-state index in [0.717, 1.165) is 25.9 Å². The van der Waals surface area contributed by atoms with Gasteiger partial charge in [0.2, 0.25) is 5.95 Å². The smallest absolute Gasteiger partial charge is 0.326 e. The lowest BCUT2D eigenvalue weighted by Gasteiger charge is -2.49. The second-order valence-corrected chi connectivity index (χ2v) is 6.72. The van der Waals surface area contributed by atoms with Gasteiger partial charge in [0.25, 0.3) is 0 Å². The van der Waals surface area contributed by atoms with Gasteiger partial charge in [0.15, 0.2) is 0 Å². The van der Waals surface area contributed by atoms with Crippen molar-refractivity contribution in [1.29, 1.82) is 0 Å². The lowest BCUT2D eigenvalue weighted by molar-refractivity contribution is 0.0267. The van der Waals surface area contributed by atoms with Crippen molar-refractivity contribution < 1.29 is 9.18 Å². The van der Waals surface area contributed by atoms with E-state index in [9.17, 15) is 9.18 Å². The normalized spacial score (nSPS) is 28.8. The quantitative estimate of drug-likeness (QED) is 0.863. The van der Waals surface area contributed by atoms with E-state index in [1.165, 1.54) is 12.3 Å². The molecule has 3 fully saturated rings. The third-order valence-corrected chi connectivity index (χ3v) is 5.46. The summed E-state index contributed by atoms with van der Waals surface area (Å²) in [5, 5.41) is 3.20. The van der Waals surface area contributed by atoms with Gasteiger partial charge in [0.05, 0.1) is 5.69 Å². The molecular formula is C18H21FN4O. The Labute approximate surface area is 140 Å². The van der Waals surface area contributed by atoms with Crippen LogP contribution in [0.15, 0.2) is 36.7 Å². The first-order valence-electron chi connectivity index (χ1n) is 8.47. The van der Waals surface area contributed by atoms with Gasteiger partial charge >= 0.3 is 6.03 Å². The van der Waals surface area contributed by atoms with Crippen LogP contribution in [-0.2, 0) is 0 Å². The first-order valence-corrected chi connectivity index (χ1v) is 8.47. The molecule has 5 rings (SSSR count). The average Bonchev–Trinajstić information content (AvgIpc) is 3.08. The number of nitrogens with zero attached hydrogens (tertiary/aromatic N) is 3. The van der Waals surface area contributed by atoms with E-state index >= 15 is 0 Å². The zero-order valence-electron chi connectivity index (χ0n) is 13.7. The fourth-order valence-corrected chi connectivity index (χ4v) is 4.11. The molecule has 0 unspecified atom stereocenters. The van der Waals surface area contributed by atoms with Crippen molar-refractivity contribution in [3.05, 3.63) is 42.6 Å². The Morgan fingerprint density at radius 2 is 2.12 bits per heavy atom. The first-order chi connectivity index (χ1) is 11.6. The summed E-state index contributed by atoms with van der Waals surface area (Å²) in [7, 11) is 0. The molecule has 0 saturated carbocycles. The second-order valence-electron chi connectivity index (χ2n) is 6.72. The average molecular weight is 328 g/mol. The number of halogens is 1. The van der Waals surface area contributed by atoms with Crippen LogP contribution in [0.25, 0.3) is 11.3 Å². The lowest BCUT2D eigenvalue weighted by Crippen LogP contribution is -2.62. The summed E-state index contributed by atoms with van der Waals surface area (Å²) in [6.45, 7) is 4.44. The molecule has 24 heavy (non-hydrogen) atoms.